The van der Waals surface area contributed by atoms with Crippen LogP contribution in [0.2, 0.25) is 10.0 Å². The third kappa shape index (κ3) is 4.92. The molecule has 3 heterocycles. The number of halogens is 2. The summed E-state index contributed by atoms with van der Waals surface area (Å²) in [5.74, 6) is -0.0534. The van der Waals surface area contributed by atoms with Gasteiger partial charge in [-0.3, -0.25) is 13.9 Å². The van der Waals surface area contributed by atoms with Crippen molar-refractivity contribution < 1.29 is 18.0 Å². The highest BCUT2D eigenvalue weighted by molar-refractivity contribution is 7.89. The van der Waals surface area contributed by atoms with E-state index in [1.165, 1.54) is 30.6 Å². The summed E-state index contributed by atoms with van der Waals surface area (Å²) in [5, 5.41) is 2.76. The zero-order chi connectivity index (χ0) is 23.6. The summed E-state index contributed by atoms with van der Waals surface area (Å²) in [4.78, 5) is 33.4. The monoisotopic (exact) mass is 509 g/mol. The fourth-order valence-electron chi connectivity index (χ4n) is 3.72. The molecule has 174 valence electrons. The fourth-order valence-corrected chi connectivity index (χ4v) is 5.56. The maximum Gasteiger partial charge on any atom is 0.264 e. The van der Waals surface area contributed by atoms with E-state index in [2.05, 4.69) is 15.2 Å². The van der Waals surface area contributed by atoms with Gasteiger partial charge in [0, 0.05) is 44.8 Å². The summed E-state index contributed by atoms with van der Waals surface area (Å²) in [6.07, 6.45) is 3.88. The molecule has 0 unspecified atom stereocenters. The van der Waals surface area contributed by atoms with Crippen molar-refractivity contribution in [3.63, 3.8) is 0 Å². The van der Waals surface area contributed by atoms with E-state index in [0.717, 1.165) is 10.1 Å². The highest BCUT2D eigenvalue weighted by atomic mass is 35.5. The molecule has 12 heteroatoms. The van der Waals surface area contributed by atoms with Gasteiger partial charge in [0.15, 0.2) is 0 Å². The number of carbonyl (C=O) groups excluding carboxylic acids is 2. The number of nitrogens with zero attached hydrogens (tertiary/aromatic N) is 4. The number of rotatable bonds is 5. The summed E-state index contributed by atoms with van der Waals surface area (Å²) in [5.41, 5.74) is 0. The second-order valence-electron chi connectivity index (χ2n) is 7.51. The van der Waals surface area contributed by atoms with E-state index in [4.69, 9.17) is 23.2 Å². The van der Waals surface area contributed by atoms with Gasteiger partial charge in [0.25, 0.3) is 10.0 Å². The lowest BCUT2D eigenvalue weighted by molar-refractivity contribution is -0.136. The van der Waals surface area contributed by atoms with Crippen molar-refractivity contribution in [2.45, 2.75) is 17.4 Å². The van der Waals surface area contributed by atoms with E-state index in [0.29, 0.717) is 26.2 Å². The van der Waals surface area contributed by atoms with Crippen LogP contribution in [0.25, 0.3) is 0 Å². The van der Waals surface area contributed by atoms with Crippen LogP contribution >= 0.6 is 23.2 Å². The van der Waals surface area contributed by atoms with E-state index in [1.54, 1.807) is 11.1 Å². The number of nitrogens with one attached hydrogen (secondary N) is 1. The van der Waals surface area contributed by atoms with Gasteiger partial charge in [-0.05, 0) is 30.3 Å². The Morgan fingerprint density at radius 3 is 2.52 bits per heavy atom. The molecule has 0 aliphatic carbocycles. The van der Waals surface area contributed by atoms with Gasteiger partial charge in [-0.15, -0.1) is 0 Å². The van der Waals surface area contributed by atoms with Crippen LogP contribution in [0.4, 0.5) is 5.82 Å². The summed E-state index contributed by atoms with van der Waals surface area (Å²) in [7, 11) is -4.15. The number of pyridine rings is 1. The Morgan fingerprint density at radius 1 is 1.09 bits per heavy atom. The van der Waals surface area contributed by atoms with Gasteiger partial charge >= 0.3 is 0 Å². The highest BCUT2D eigenvalue weighted by Crippen LogP contribution is 2.29. The third-order valence-corrected chi connectivity index (χ3v) is 8.02. The van der Waals surface area contributed by atoms with Crippen LogP contribution in [-0.4, -0.2) is 66.6 Å². The first-order chi connectivity index (χ1) is 15.8. The summed E-state index contributed by atoms with van der Waals surface area (Å²) < 4.78 is 27.3. The second kappa shape index (κ2) is 9.58. The number of amides is 2. The van der Waals surface area contributed by atoms with Gasteiger partial charge in [-0.1, -0.05) is 29.3 Å². The van der Waals surface area contributed by atoms with Crippen molar-refractivity contribution in [1.82, 2.24) is 19.5 Å². The molecule has 2 aromatic rings. The van der Waals surface area contributed by atoms with Gasteiger partial charge in [-0.2, -0.15) is 0 Å². The number of piperazine rings is 1. The van der Waals surface area contributed by atoms with Crippen LogP contribution in [0.15, 0.2) is 59.9 Å². The lowest BCUT2D eigenvalue weighted by Crippen LogP contribution is -2.54. The SMILES string of the molecule is O=C1NC=CN(S(=O)(=O)c2ccc(Cl)c(Cl)c2)[C@@H]1CC(=O)N1CCN(c2ccccn2)CC1. The Morgan fingerprint density at radius 2 is 1.85 bits per heavy atom. The quantitative estimate of drug-likeness (QED) is 0.661. The molecule has 0 spiro atoms. The number of sulfonamides is 1. The zero-order valence-electron chi connectivity index (χ0n) is 17.4. The first-order valence-corrected chi connectivity index (χ1v) is 12.4. The number of hydrogen-bond acceptors (Lipinski definition) is 6. The normalized spacial score (nSPS) is 18.9. The number of anilines is 1. The van der Waals surface area contributed by atoms with Gasteiger partial charge in [0.1, 0.15) is 11.9 Å². The predicted octanol–water partition coefficient (Wildman–Crippen LogP) is 2.09. The van der Waals surface area contributed by atoms with Crippen molar-refractivity contribution in [3.8, 4) is 0 Å². The fraction of sp³-hybridized carbons (Fsp3) is 0.286. The van der Waals surface area contributed by atoms with Crippen molar-refractivity contribution in [1.29, 1.82) is 0 Å². The largest absolute Gasteiger partial charge is 0.353 e. The molecule has 2 amide bonds. The molecular formula is C21H21Cl2N5O4S. The van der Waals surface area contributed by atoms with Gasteiger partial charge in [-0.25, -0.2) is 13.4 Å². The van der Waals surface area contributed by atoms with Crippen molar-refractivity contribution in [3.05, 3.63) is 65.0 Å². The lowest BCUT2D eigenvalue weighted by Gasteiger charge is -2.37. The molecule has 1 fully saturated rings. The number of benzene rings is 1. The molecule has 1 atom stereocenters. The molecule has 2 aliphatic heterocycles. The Labute approximate surface area is 201 Å². The van der Waals surface area contributed by atoms with Gasteiger partial charge in [0.05, 0.1) is 21.4 Å². The molecule has 0 bridgehead atoms. The molecule has 1 saturated heterocycles. The number of hydrogen-bond donors (Lipinski definition) is 1. The van der Waals surface area contributed by atoms with Crippen LogP contribution in [0, 0.1) is 0 Å². The minimum absolute atomic E-state index is 0.0709. The molecule has 1 N–H and O–H groups in total. The Balaban J connectivity index is 1.47. The Hall–Kier alpha value is -2.82. The molecule has 0 radical (unpaired) electrons. The van der Waals surface area contributed by atoms with Crippen LogP contribution in [0.1, 0.15) is 6.42 Å². The number of carbonyl (C=O) groups is 2. The summed E-state index contributed by atoms with van der Waals surface area (Å²) >= 11 is 11.9. The van der Waals surface area contributed by atoms with Gasteiger partial charge in [0.2, 0.25) is 11.8 Å². The predicted molar refractivity (Wildman–Crippen MR) is 124 cm³/mol. The first-order valence-electron chi connectivity index (χ1n) is 10.2. The Bertz CT molecular complexity index is 1180. The van der Waals surface area contributed by atoms with Crippen molar-refractivity contribution in [2.24, 2.45) is 0 Å². The smallest absolute Gasteiger partial charge is 0.264 e. The van der Waals surface area contributed by atoms with E-state index in [9.17, 15) is 18.0 Å². The molecule has 4 rings (SSSR count). The first kappa shape index (κ1) is 23.3. The van der Waals surface area contributed by atoms with E-state index >= 15 is 0 Å². The van der Waals surface area contributed by atoms with Crippen LogP contribution in [0.3, 0.4) is 0 Å². The summed E-state index contributed by atoms with van der Waals surface area (Å²) in [6, 6.07) is 8.31. The highest BCUT2D eigenvalue weighted by Gasteiger charge is 2.38. The second-order valence-corrected chi connectivity index (χ2v) is 10.2. The topological polar surface area (TPSA) is 103 Å². The maximum absolute atomic E-state index is 13.2. The Kier molecular flexibility index (Phi) is 6.78. The number of aromatic nitrogens is 1. The third-order valence-electron chi connectivity index (χ3n) is 5.50. The van der Waals surface area contributed by atoms with E-state index in [-0.39, 0.29) is 27.3 Å². The molecule has 0 saturated carbocycles. The standard InChI is InChI=1S/C21H21Cl2N5O4S/c22-16-5-4-15(13-17(16)23)33(31,32)28-8-7-25-21(30)18(28)14-20(29)27-11-9-26(10-12-27)19-3-1-2-6-24-19/h1-8,13,18H,9-12,14H2,(H,25,30)/t18-/m1/s1. The molecule has 1 aromatic carbocycles. The zero-order valence-corrected chi connectivity index (χ0v) is 19.7. The average molecular weight is 510 g/mol. The van der Waals surface area contributed by atoms with Crippen LogP contribution in [0.5, 0.6) is 0 Å². The minimum atomic E-state index is -4.15. The molecule has 9 nitrogen and oxygen atoms in total. The van der Waals surface area contributed by atoms with E-state index in [1.807, 2.05) is 18.2 Å². The lowest BCUT2D eigenvalue weighted by atomic mass is 10.1. The summed E-state index contributed by atoms with van der Waals surface area (Å²) in [6.45, 7) is 2.06. The maximum atomic E-state index is 13.2. The van der Waals surface area contributed by atoms with Crippen LogP contribution < -0.4 is 10.2 Å². The van der Waals surface area contributed by atoms with Gasteiger partial charge < -0.3 is 15.1 Å². The van der Waals surface area contributed by atoms with E-state index < -0.39 is 22.0 Å². The van der Waals surface area contributed by atoms with Crippen LogP contribution in [-0.2, 0) is 19.6 Å². The molecule has 2 aliphatic rings. The molecular weight excluding hydrogens is 489 g/mol. The van der Waals surface area contributed by atoms with Crippen molar-refractivity contribution in [2.75, 3.05) is 31.1 Å². The molecule has 33 heavy (non-hydrogen) atoms. The molecule has 1 aromatic heterocycles. The van der Waals surface area contributed by atoms with Crippen molar-refractivity contribution >= 4 is 50.9 Å². The minimum Gasteiger partial charge on any atom is -0.353 e. The average Bonchev–Trinajstić information content (AvgIpc) is 2.82.